The van der Waals surface area contributed by atoms with Gasteiger partial charge in [0, 0.05) is 18.7 Å². The lowest BCUT2D eigenvalue weighted by atomic mass is 10.2. The van der Waals surface area contributed by atoms with E-state index in [4.69, 9.17) is 4.74 Å². The molecule has 0 bridgehead atoms. The first-order chi connectivity index (χ1) is 9.75. The number of hydrogen-bond acceptors (Lipinski definition) is 2. The van der Waals surface area contributed by atoms with Crippen LogP contribution in [-0.4, -0.2) is 6.61 Å². The Morgan fingerprint density at radius 1 is 1.00 bits per heavy atom. The molecule has 0 aromatic heterocycles. The van der Waals surface area contributed by atoms with Gasteiger partial charge in [0.25, 0.3) is 0 Å². The summed E-state index contributed by atoms with van der Waals surface area (Å²) >= 11 is 0. The molecule has 2 nitrogen and oxygen atoms in total. The summed E-state index contributed by atoms with van der Waals surface area (Å²) in [5.41, 5.74) is 3.48. The van der Waals surface area contributed by atoms with Gasteiger partial charge in [-0.1, -0.05) is 55.1 Å². The lowest BCUT2D eigenvalue weighted by Crippen LogP contribution is -2.13. The molecule has 1 N–H and O–H groups in total. The van der Waals surface area contributed by atoms with Crippen molar-refractivity contribution in [2.45, 2.75) is 20.0 Å². The molecular formula is C18H21NO. The molecule has 0 radical (unpaired) electrons. The lowest BCUT2D eigenvalue weighted by Gasteiger charge is -2.12. The molecule has 2 aromatic carbocycles. The van der Waals surface area contributed by atoms with Crippen molar-refractivity contribution in [2.75, 3.05) is 6.61 Å². The van der Waals surface area contributed by atoms with Crippen LogP contribution in [0.3, 0.4) is 0 Å². The number of ether oxygens (including phenoxy) is 1. The van der Waals surface area contributed by atoms with E-state index in [1.54, 1.807) is 0 Å². The van der Waals surface area contributed by atoms with Gasteiger partial charge in [0.15, 0.2) is 0 Å². The molecule has 2 rings (SSSR count). The van der Waals surface area contributed by atoms with Crippen molar-refractivity contribution in [1.82, 2.24) is 5.32 Å². The summed E-state index contributed by atoms with van der Waals surface area (Å²) in [7, 11) is 0. The maximum Gasteiger partial charge on any atom is 0.124 e. The second-order valence-corrected chi connectivity index (χ2v) is 4.94. The molecule has 0 spiro atoms. The Morgan fingerprint density at radius 2 is 1.70 bits per heavy atom. The predicted octanol–water partition coefficient (Wildman–Crippen LogP) is 3.93. The van der Waals surface area contributed by atoms with Crippen LogP contribution in [0.5, 0.6) is 5.75 Å². The largest absolute Gasteiger partial charge is 0.489 e. The van der Waals surface area contributed by atoms with Gasteiger partial charge in [0.1, 0.15) is 12.4 Å². The number of hydrogen-bond donors (Lipinski definition) is 1. The second kappa shape index (κ2) is 7.51. The molecular weight excluding hydrogens is 246 g/mol. The summed E-state index contributed by atoms with van der Waals surface area (Å²) in [6.45, 7) is 8.04. The molecule has 0 aliphatic rings. The van der Waals surface area contributed by atoms with Crippen LogP contribution in [0.2, 0.25) is 0 Å². The molecule has 0 aliphatic heterocycles. The number of para-hydroxylation sites is 1. The van der Waals surface area contributed by atoms with Gasteiger partial charge in [0.2, 0.25) is 0 Å². The number of benzene rings is 2. The highest BCUT2D eigenvalue weighted by atomic mass is 16.5. The smallest absolute Gasteiger partial charge is 0.124 e. The molecule has 0 saturated heterocycles. The van der Waals surface area contributed by atoms with Gasteiger partial charge in [-0.2, -0.15) is 0 Å². The molecule has 0 heterocycles. The van der Waals surface area contributed by atoms with Crippen molar-refractivity contribution in [3.05, 3.63) is 77.9 Å². The molecule has 0 atom stereocenters. The van der Waals surface area contributed by atoms with E-state index in [0.29, 0.717) is 6.61 Å². The summed E-state index contributed by atoms with van der Waals surface area (Å²) in [4.78, 5) is 0. The van der Waals surface area contributed by atoms with E-state index >= 15 is 0 Å². The molecule has 0 unspecified atom stereocenters. The van der Waals surface area contributed by atoms with E-state index < -0.39 is 0 Å². The third-order valence-electron chi connectivity index (χ3n) is 2.93. The molecule has 0 saturated carbocycles. The zero-order valence-electron chi connectivity index (χ0n) is 11.9. The van der Waals surface area contributed by atoms with Gasteiger partial charge >= 0.3 is 0 Å². The van der Waals surface area contributed by atoms with Crippen molar-refractivity contribution in [3.63, 3.8) is 0 Å². The fourth-order valence-electron chi connectivity index (χ4n) is 1.93. The first-order valence-electron chi connectivity index (χ1n) is 6.85. The van der Waals surface area contributed by atoms with Crippen molar-refractivity contribution in [3.8, 4) is 5.75 Å². The molecule has 0 amide bonds. The Bertz CT molecular complexity index is 548. The SMILES string of the molecule is C=C(C)COc1ccccc1CNCc1ccccc1. The van der Waals surface area contributed by atoms with Gasteiger partial charge in [0.05, 0.1) is 0 Å². The van der Waals surface area contributed by atoms with Crippen LogP contribution in [0.1, 0.15) is 18.1 Å². The summed E-state index contributed by atoms with van der Waals surface area (Å²) in [6, 6.07) is 18.5. The first-order valence-corrected chi connectivity index (χ1v) is 6.85. The van der Waals surface area contributed by atoms with E-state index in [1.807, 2.05) is 31.2 Å². The highest BCUT2D eigenvalue weighted by Gasteiger charge is 2.02. The summed E-state index contributed by atoms with van der Waals surface area (Å²) in [6.07, 6.45) is 0. The maximum atomic E-state index is 5.76. The summed E-state index contributed by atoms with van der Waals surface area (Å²) in [5, 5.41) is 3.44. The van der Waals surface area contributed by atoms with Crippen LogP contribution in [0.15, 0.2) is 66.7 Å². The monoisotopic (exact) mass is 267 g/mol. The summed E-state index contributed by atoms with van der Waals surface area (Å²) < 4.78 is 5.76. The van der Waals surface area contributed by atoms with Crippen LogP contribution >= 0.6 is 0 Å². The normalized spacial score (nSPS) is 10.2. The van der Waals surface area contributed by atoms with Crippen LogP contribution in [0.4, 0.5) is 0 Å². The zero-order valence-corrected chi connectivity index (χ0v) is 11.9. The molecule has 2 heteroatoms. The fourth-order valence-corrected chi connectivity index (χ4v) is 1.93. The highest BCUT2D eigenvalue weighted by Crippen LogP contribution is 2.18. The topological polar surface area (TPSA) is 21.3 Å². The Balaban J connectivity index is 1.90. The van der Waals surface area contributed by atoms with E-state index in [0.717, 1.165) is 24.4 Å². The van der Waals surface area contributed by atoms with E-state index in [-0.39, 0.29) is 0 Å². The predicted molar refractivity (Wildman–Crippen MR) is 83.7 cm³/mol. The van der Waals surface area contributed by atoms with Crippen LogP contribution in [0, 0.1) is 0 Å². The van der Waals surface area contributed by atoms with Gasteiger partial charge in [-0.05, 0) is 24.1 Å². The van der Waals surface area contributed by atoms with Crippen molar-refractivity contribution in [1.29, 1.82) is 0 Å². The standard InChI is InChI=1S/C18H21NO/c1-15(2)14-20-18-11-7-6-10-17(18)13-19-12-16-8-4-3-5-9-16/h3-11,19H,1,12-14H2,2H3. The van der Waals surface area contributed by atoms with Gasteiger partial charge < -0.3 is 10.1 Å². The number of nitrogens with one attached hydrogen (secondary N) is 1. The maximum absolute atomic E-state index is 5.76. The van der Waals surface area contributed by atoms with Gasteiger partial charge in [-0.15, -0.1) is 0 Å². The van der Waals surface area contributed by atoms with Crippen LogP contribution < -0.4 is 10.1 Å². The van der Waals surface area contributed by atoms with Gasteiger partial charge in [-0.25, -0.2) is 0 Å². The zero-order chi connectivity index (χ0) is 14.2. The Hall–Kier alpha value is -2.06. The second-order valence-electron chi connectivity index (χ2n) is 4.94. The average Bonchev–Trinajstić information content (AvgIpc) is 2.47. The third kappa shape index (κ3) is 4.56. The van der Waals surface area contributed by atoms with Gasteiger partial charge in [-0.3, -0.25) is 0 Å². The molecule has 0 fully saturated rings. The minimum atomic E-state index is 0.565. The molecule has 104 valence electrons. The fraction of sp³-hybridized carbons (Fsp3) is 0.222. The Kier molecular flexibility index (Phi) is 5.39. The van der Waals surface area contributed by atoms with E-state index in [2.05, 4.69) is 42.2 Å². The van der Waals surface area contributed by atoms with Crippen molar-refractivity contribution in [2.24, 2.45) is 0 Å². The molecule has 20 heavy (non-hydrogen) atoms. The molecule has 0 aliphatic carbocycles. The molecule has 2 aromatic rings. The Morgan fingerprint density at radius 3 is 2.45 bits per heavy atom. The first kappa shape index (κ1) is 14.4. The summed E-state index contributed by atoms with van der Waals surface area (Å²) in [5.74, 6) is 0.927. The minimum absolute atomic E-state index is 0.565. The minimum Gasteiger partial charge on any atom is -0.489 e. The average molecular weight is 267 g/mol. The van der Waals surface area contributed by atoms with E-state index in [1.165, 1.54) is 11.1 Å². The van der Waals surface area contributed by atoms with E-state index in [9.17, 15) is 0 Å². The lowest BCUT2D eigenvalue weighted by molar-refractivity contribution is 0.347. The third-order valence-corrected chi connectivity index (χ3v) is 2.93. The van der Waals surface area contributed by atoms with Crippen LogP contribution in [0.25, 0.3) is 0 Å². The van der Waals surface area contributed by atoms with Crippen molar-refractivity contribution >= 4 is 0 Å². The quantitative estimate of drug-likeness (QED) is 0.767. The van der Waals surface area contributed by atoms with Crippen molar-refractivity contribution < 1.29 is 4.74 Å². The number of rotatable bonds is 7. The Labute approximate surface area is 121 Å². The highest BCUT2D eigenvalue weighted by molar-refractivity contribution is 5.33. The van der Waals surface area contributed by atoms with Crippen LogP contribution in [-0.2, 0) is 13.1 Å².